The van der Waals surface area contributed by atoms with Crippen molar-refractivity contribution in [3.05, 3.63) is 47.2 Å². The average Bonchev–Trinajstić information content (AvgIpc) is 3.13. The highest BCUT2D eigenvalue weighted by Crippen LogP contribution is 2.34. The summed E-state index contributed by atoms with van der Waals surface area (Å²) in [4.78, 5) is 19.5. The zero-order chi connectivity index (χ0) is 21.5. The Kier molecular flexibility index (Phi) is 5.26. The van der Waals surface area contributed by atoms with Crippen LogP contribution in [0.15, 0.2) is 34.9 Å². The van der Waals surface area contributed by atoms with Crippen molar-refractivity contribution in [2.45, 2.75) is 39.3 Å². The number of hydrogen-bond acceptors (Lipinski definition) is 4. The SMILES string of the molecule is CCC1CCCN(C(=O)c2cc(-c3cccc(C(F)(F)F)c3)nc3onc(C)c23)C1. The maximum absolute atomic E-state index is 13.4. The quantitative estimate of drug-likeness (QED) is 0.566. The highest BCUT2D eigenvalue weighted by Gasteiger charge is 2.31. The van der Waals surface area contributed by atoms with Crippen LogP contribution < -0.4 is 0 Å². The number of likely N-dealkylation sites (tertiary alicyclic amines) is 1. The monoisotopic (exact) mass is 417 g/mol. The number of pyridine rings is 1. The number of hydrogen-bond donors (Lipinski definition) is 0. The standard InChI is InChI=1S/C22H22F3N3O2/c1-3-14-6-5-9-28(12-14)21(29)17-11-18(26-20-19(17)13(2)27-30-20)15-7-4-8-16(10-15)22(23,24)25/h4,7-8,10-11,14H,3,5-6,9,12H2,1-2H3. The first kappa shape index (κ1) is 20.4. The summed E-state index contributed by atoms with van der Waals surface area (Å²) >= 11 is 0. The molecule has 1 aliphatic rings. The van der Waals surface area contributed by atoms with Gasteiger partial charge >= 0.3 is 6.18 Å². The molecule has 2 aromatic heterocycles. The molecule has 0 radical (unpaired) electrons. The minimum absolute atomic E-state index is 0.148. The maximum atomic E-state index is 13.4. The summed E-state index contributed by atoms with van der Waals surface area (Å²) in [6.07, 6.45) is -1.45. The van der Waals surface area contributed by atoms with Crippen molar-refractivity contribution in [2.75, 3.05) is 13.1 Å². The van der Waals surface area contributed by atoms with Crippen LogP contribution >= 0.6 is 0 Å². The van der Waals surface area contributed by atoms with Gasteiger partial charge in [-0.3, -0.25) is 4.79 Å². The molecule has 1 aromatic carbocycles. The first-order valence-corrected chi connectivity index (χ1v) is 10.0. The maximum Gasteiger partial charge on any atom is 0.416 e. The lowest BCUT2D eigenvalue weighted by Crippen LogP contribution is -2.39. The van der Waals surface area contributed by atoms with Gasteiger partial charge in [0.2, 0.25) is 0 Å². The third-order valence-corrected chi connectivity index (χ3v) is 5.72. The van der Waals surface area contributed by atoms with E-state index in [1.54, 1.807) is 13.0 Å². The molecule has 1 atom stereocenters. The van der Waals surface area contributed by atoms with Crippen LogP contribution in [-0.4, -0.2) is 34.0 Å². The van der Waals surface area contributed by atoms with Crippen LogP contribution in [0.4, 0.5) is 13.2 Å². The van der Waals surface area contributed by atoms with Crippen LogP contribution in [0.1, 0.15) is 47.8 Å². The molecule has 1 aliphatic heterocycles. The summed E-state index contributed by atoms with van der Waals surface area (Å²) in [7, 11) is 0. The number of carbonyl (C=O) groups excluding carboxylic acids is 1. The topological polar surface area (TPSA) is 59.2 Å². The van der Waals surface area contributed by atoms with E-state index in [9.17, 15) is 18.0 Å². The molecule has 0 saturated carbocycles. The van der Waals surface area contributed by atoms with Gasteiger partial charge in [0.25, 0.3) is 11.6 Å². The molecule has 0 spiro atoms. The van der Waals surface area contributed by atoms with Crippen molar-refractivity contribution >= 4 is 17.0 Å². The van der Waals surface area contributed by atoms with Crippen LogP contribution in [0.3, 0.4) is 0 Å². The average molecular weight is 417 g/mol. The number of aryl methyl sites for hydroxylation is 1. The predicted molar refractivity (Wildman–Crippen MR) is 106 cm³/mol. The number of rotatable bonds is 3. The predicted octanol–water partition coefficient (Wildman–Crippen LogP) is 5.48. The molecule has 5 nitrogen and oxygen atoms in total. The summed E-state index contributed by atoms with van der Waals surface area (Å²) in [6.45, 7) is 5.16. The van der Waals surface area contributed by atoms with Crippen molar-refractivity contribution in [3.8, 4) is 11.3 Å². The molecule has 4 rings (SSSR count). The van der Waals surface area contributed by atoms with Crippen molar-refractivity contribution in [3.63, 3.8) is 0 Å². The summed E-state index contributed by atoms with van der Waals surface area (Å²) < 4.78 is 44.7. The number of carbonyl (C=O) groups is 1. The minimum atomic E-state index is -4.47. The van der Waals surface area contributed by atoms with Crippen molar-refractivity contribution in [1.29, 1.82) is 0 Å². The first-order valence-electron chi connectivity index (χ1n) is 10.0. The van der Waals surface area contributed by atoms with E-state index in [-0.39, 0.29) is 22.9 Å². The summed E-state index contributed by atoms with van der Waals surface area (Å²) in [5, 5.41) is 4.43. The highest BCUT2D eigenvalue weighted by atomic mass is 19.4. The van der Waals surface area contributed by atoms with E-state index >= 15 is 0 Å². The molecule has 1 amide bonds. The Morgan fingerprint density at radius 3 is 2.83 bits per heavy atom. The van der Waals surface area contributed by atoms with Gasteiger partial charge < -0.3 is 9.42 Å². The van der Waals surface area contributed by atoms with Crippen LogP contribution in [0.2, 0.25) is 0 Å². The van der Waals surface area contributed by atoms with E-state index in [0.29, 0.717) is 35.7 Å². The molecular formula is C22H22F3N3O2. The van der Waals surface area contributed by atoms with Crippen LogP contribution in [-0.2, 0) is 6.18 Å². The second-order valence-electron chi connectivity index (χ2n) is 7.75. The minimum Gasteiger partial charge on any atom is -0.338 e. The zero-order valence-corrected chi connectivity index (χ0v) is 16.8. The molecule has 1 saturated heterocycles. The number of piperidine rings is 1. The molecular weight excluding hydrogens is 395 g/mol. The van der Waals surface area contributed by atoms with Crippen molar-refractivity contribution in [2.24, 2.45) is 5.92 Å². The Bertz CT molecular complexity index is 1090. The Labute approximate surface area is 171 Å². The highest BCUT2D eigenvalue weighted by molar-refractivity contribution is 6.07. The molecule has 8 heteroatoms. The number of nitrogens with zero attached hydrogens (tertiary/aromatic N) is 3. The van der Waals surface area contributed by atoms with Crippen molar-refractivity contribution in [1.82, 2.24) is 15.0 Å². The number of aromatic nitrogens is 2. The van der Waals surface area contributed by atoms with Crippen LogP contribution in [0.5, 0.6) is 0 Å². The van der Waals surface area contributed by atoms with Crippen molar-refractivity contribution < 1.29 is 22.5 Å². The van der Waals surface area contributed by atoms with Gasteiger partial charge in [0.05, 0.1) is 27.9 Å². The molecule has 3 aromatic rings. The lowest BCUT2D eigenvalue weighted by Gasteiger charge is -2.32. The summed E-state index contributed by atoms with van der Waals surface area (Å²) in [5.74, 6) is 0.284. The van der Waals surface area contributed by atoms with Gasteiger partial charge in [-0.25, -0.2) is 4.98 Å². The second-order valence-corrected chi connectivity index (χ2v) is 7.75. The molecule has 0 bridgehead atoms. The summed E-state index contributed by atoms with van der Waals surface area (Å²) in [5.41, 5.74) is 0.778. The number of benzene rings is 1. The third kappa shape index (κ3) is 3.78. The van der Waals surface area contributed by atoms with E-state index < -0.39 is 11.7 Å². The Balaban J connectivity index is 1.80. The normalized spacial score (nSPS) is 17.5. The van der Waals surface area contributed by atoms with Gasteiger partial charge in [-0.1, -0.05) is 30.6 Å². The van der Waals surface area contributed by atoms with Gasteiger partial charge in [-0.2, -0.15) is 13.2 Å². The fourth-order valence-corrected chi connectivity index (χ4v) is 4.02. The van der Waals surface area contributed by atoms with Gasteiger partial charge in [-0.05, 0) is 43.9 Å². The molecule has 30 heavy (non-hydrogen) atoms. The number of amides is 1. The number of halogens is 3. The fourth-order valence-electron chi connectivity index (χ4n) is 4.02. The molecule has 158 valence electrons. The third-order valence-electron chi connectivity index (χ3n) is 5.72. The molecule has 3 heterocycles. The van der Waals surface area contributed by atoms with E-state index in [4.69, 9.17) is 4.52 Å². The van der Waals surface area contributed by atoms with E-state index in [2.05, 4.69) is 17.1 Å². The number of fused-ring (bicyclic) bond motifs is 1. The molecule has 1 fully saturated rings. The van der Waals surface area contributed by atoms with Crippen LogP contribution in [0.25, 0.3) is 22.4 Å². The Hall–Kier alpha value is -2.90. The largest absolute Gasteiger partial charge is 0.416 e. The molecule has 0 N–H and O–H groups in total. The fraction of sp³-hybridized carbons (Fsp3) is 0.409. The zero-order valence-electron chi connectivity index (χ0n) is 16.8. The van der Waals surface area contributed by atoms with E-state index in [1.165, 1.54) is 12.1 Å². The molecule has 1 unspecified atom stereocenters. The van der Waals surface area contributed by atoms with E-state index in [1.807, 2.05) is 4.90 Å². The smallest absolute Gasteiger partial charge is 0.338 e. The van der Waals surface area contributed by atoms with E-state index in [0.717, 1.165) is 31.4 Å². The van der Waals surface area contributed by atoms with Gasteiger partial charge in [0.15, 0.2) is 0 Å². The lowest BCUT2D eigenvalue weighted by molar-refractivity contribution is -0.137. The van der Waals surface area contributed by atoms with Crippen LogP contribution in [0, 0.1) is 12.8 Å². The number of alkyl halides is 3. The first-order chi connectivity index (χ1) is 14.3. The van der Waals surface area contributed by atoms with Gasteiger partial charge in [0, 0.05) is 18.7 Å². The van der Waals surface area contributed by atoms with Gasteiger partial charge in [-0.15, -0.1) is 0 Å². The second kappa shape index (κ2) is 7.74. The van der Waals surface area contributed by atoms with Gasteiger partial charge in [0.1, 0.15) is 0 Å². The Morgan fingerprint density at radius 2 is 2.10 bits per heavy atom. The lowest BCUT2D eigenvalue weighted by atomic mass is 9.94. The summed E-state index contributed by atoms with van der Waals surface area (Å²) in [6, 6.07) is 6.45. The molecule has 0 aliphatic carbocycles. The Morgan fingerprint density at radius 1 is 1.30 bits per heavy atom.